The fraction of sp³-hybridized carbons (Fsp3) is 0.529. The van der Waals surface area contributed by atoms with Crippen LogP contribution in [0, 0.1) is 0 Å². The van der Waals surface area contributed by atoms with Crippen LogP contribution in [0.1, 0.15) is 62.2 Å². The standard InChI is InChI=1S/C17H23N3/c1-2-15(14-10-6-5-7-11-14)17-19-18-16-12-8-3-4-9-13-20(16)17/h5-7,10-11,15H,2-4,8-9,12-13H2,1H3/t15-/m0/s1. The summed E-state index contributed by atoms with van der Waals surface area (Å²) in [5.74, 6) is 2.72. The summed E-state index contributed by atoms with van der Waals surface area (Å²) in [7, 11) is 0. The molecule has 2 heterocycles. The van der Waals surface area contributed by atoms with E-state index in [9.17, 15) is 0 Å². The molecule has 0 radical (unpaired) electrons. The first kappa shape index (κ1) is 13.3. The Bertz CT molecular complexity index is 545. The number of benzene rings is 1. The molecule has 1 atom stereocenters. The number of fused-ring (bicyclic) bond motifs is 1. The zero-order chi connectivity index (χ0) is 13.8. The lowest BCUT2D eigenvalue weighted by Crippen LogP contribution is -2.14. The van der Waals surface area contributed by atoms with Gasteiger partial charge in [-0.05, 0) is 24.8 Å². The van der Waals surface area contributed by atoms with Crippen molar-refractivity contribution in [2.45, 2.75) is 57.9 Å². The summed E-state index contributed by atoms with van der Waals surface area (Å²) in [5.41, 5.74) is 1.35. The van der Waals surface area contributed by atoms with E-state index in [2.05, 4.69) is 52.0 Å². The van der Waals surface area contributed by atoms with Crippen molar-refractivity contribution in [2.75, 3.05) is 0 Å². The molecule has 20 heavy (non-hydrogen) atoms. The Morgan fingerprint density at radius 2 is 1.85 bits per heavy atom. The van der Waals surface area contributed by atoms with Gasteiger partial charge in [-0.3, -0.25) is 0 Å². The van der Waals surface area contributed by atoms with Gasteiger partial charge in [-0.25, -0.2) is 0 Å². The molecule has 3 heteroatoms. The van der Waals surface area contributed by atoms with Gasteiger partial charge < -0.3 is 4.57 Å². The average Bonchev–Trinajstić information content (AvgIpc) is 2.83. The van der Waals surface area contributed by atoms with E-state index in [4.69, 9.17) is 0 Å². The molecule has 1 aliphatic rings. The third kappa shape index (κ3) is 2.62. The maximum absolute atomic E-state index is 4.54. The van der Waals surface area contributed by atoms with Crippen LogP contribution in [0.4, 0.5) is 0 Å². The third-order valence-corrected chi connectivity index (χ3v) is 4.31. The molecule has 0 aliphatic carbocycles. The fourth-order valence-electron chi connectivity index (χ4n) is 3.19. The Kier molecular flexibility index (Phi) is 4.14. The lowest BCUT2D eigenvalue weighted by molar-refractivity contribution is 0.495. The quantitative estimate of drug-likeness (QED) is 0.845. The average molecular weight is 269 g/mol. The van der Waals surface area contributed by atoms with E-state index in [0.29, 0.717) is 5.92 Å². The first-order valence-electron chi connectivity index (χ1n) is 7.87. The Balaban J connectivity index is 1.96. The minimum absolute atomic E-state index is 0.372. The van der Waals surface area contributed by atoms with Crippen LogP contribution in [-0.2, 0) is 13.0 Å². The Morgan fingerprint density at radius 3 is 2.65 bits per heavy atom. The van der Waals surface area contributed by atoms with Crippen molar-refractivity contribution >= 4 is 0 Å². The predicted molar refractivity (Wildman–Crippen MR) is 80.8 cm³/mol. The van der Waals surface area contributed by atoms with E-state index in [-0.39, 0.29) is 0 Å². The first-order chi connectivity index (χ1) is 9.90. The summed E-state index contributed by atoms with van der Waals surface area (Å²) in [6, 6.07) is 10.7. The van der Waals surface area contributed by atoms with E-state index in [1.54, 1.807) is 0 Å². The molecule has 1 aromatic heterocycles. The second-order valence-corrected chi connectivity index (χ2v) is 5.66. The molecule has 0 N–H and O–H groups in total. The summed E-state index contributed by atoms with van der Waals surface area (Å²) in [4.78, 5) is 0. The van der Waals surface area contributed by atoms with Crippen molar-refractivity contribution in [3.63, 3.8) is 0 Å². The van der Waals surface area contributed by atoms with Gasteiger partial charge in [0.2, 0.25) is 0 Å². The molecule has 3 rings (SSSR count). The van der Waals surface area contributed by atoms with E-state index in [1.807, 2.05) is 0 Å². The maximum atomic E-state index is 4.54. The van der Waals surface area contributed by atoms with Gasteiger partial charge in [-0.1, -0.05) is 50.1 Å². The lowest BCUT2D eigenvalue weighted by Gasteiger charge is -2.19. The smallest absolute Gasteiger partial charge is 0.140 e. The predicted octanol–water partition coefficient (Wildman–Crippen LogP) is 3.94. The molecular weight excluding hydrogens is 246 g/mol. The molecule has 0 unspecified atom stereocenters. The molecule has 0 saturated carbocycles. The van der Waals surface area contributed by atoms with Crippen LogP contribution in [0.2, 0.25) is 0 Å². The molecule has 0 spiro atoms. The molecule has 0 fully saturated rings. The summed E-state index contributed by atoms with van der Waals surface area (Å²) in [5, 5.41) is 9.01. The molecule has 0 bridgehead atoms. The molecule has 106 valence electrons. The molecule has 1 aliphatic heterocycles. The maximum Gasteiger partial charge on any atom is 0.140 e. The molecule has 1 aromatic carbocycles. The van der Waals surface area contributed by atoms with Crippen molar-refractivity contribution in [1.29, 1.82) is 0 Å². The Hall–Kier alpha value is -1.64. The SMILES string of the molecule is CC[C@@H](c1ccccc1)c1nnc2n1CCCCCC2. The van der Waals surface area contributed by atoms with Crippen molar-refractivity contribution in [1.82, 2.24) is 14.8 Å². The summed E-state index contributed by atoms with van der Waals surface area (Å²) >= 11 is 0. The van der Waals surface area contributed by atoms with Gasteiger partial charge in [0.05, 0.1) is 0 Å². The van der Waals surface area contributed by atoms with Crippen molar-refractivity contribution in [3.8, 4) is 0 Å². The highest BCUT2D eigenvalue weighted by molar-refractivity contribution is 5.26. The van der Waals surface area contributed by atoms with Gasteiger partial charge in [0.15, 0.2) is 0 Å². The van der Waals surface area contributed by atoms with Crippen LogP contribution < -0.4 is 0 Å². The van der Waals surface area contributed by atoms with Crippen LogP contribution in [0.25, 0.3) is 0 Å². The van der Waals surface area contributed by atoms with Crippen LogP contribution >= 0.6 is 0 Å². The van der Waals surface area contributed by atoms with Crippen LogP contribution in [0.3, 0.4) is 0 Å². The third-order valence-electron chi connectivity index (χ3n) is 4.31. The molecule has 3 nitrogen and oxygen atoms in total. The highest BCUT2D eigenvalue weighted by atomic mass is 15.3. The Labute approximate surface area is 121 Å². The van der Waals surface area contributed by atoms with Crippen molar-refractivity contribution in [3.05, 3.63) is 47.5 Å². The molecular formula is C17H23N3. The fourth-order valence-corrected chi connectivity index (χ4v) is 3.19. The van der Waals surface area contributed by atoms with E-state index >= 15 is 0 Å². The highest BCUT2D eigenvalue weighted by Gasteiger charge is 2.21. The van der Waals surface area contributed by atoms with E-state index in [0.717, 1.165) is 25.2 Å². The van der Waals surface area contributed by atoms with E-state index in [1.165, 1.54) is 37.1 Å². The van der Waals surface area contributed by atoms with Crippen LogP contribution in [-0.4, -0.2) is 14.8 Å². The van der Waals surface area contributed by atoms with Crippen molar-refractivity contribution in [2.24, 2.45) is 0 Å². The molecule has 0 amide bonds. The van der Waals surface area contributed by atoms with Gasteiger partial charge in [-0.15, -0.1) is 10.2 Å². The summed E-state index contributed by atoms with van der Waals surface area (Å²) < 4.78 is 2.39. The van der Waals surface area contributed by atoms with Crippen molar-refractivity contribution < 1.29 is 0 Å². The highest BCUT2D eigenvalue weighted by Crippen LogP contribution is 2.28. The number of nitrogens with zero attached hydrogens (tertiary/aromatic N) is 3. The van der Waals surface area contributed by atoms with Gasteiger partial charge in [0, 0.05) is 18.9 Å². The van der Waals surface area contributed by atoms with Gasteiger partial charge in [0.25, 0.3) is 0 Å². The van der Waals surface area contributed by atoms with Gasteiger partial charge in [0.1, 0.15) is 11.6 Å². The first-order valence-corrected chi connectivity index (χ1v) is 7.87. The van der Waals surface area contributed by atoms with Gasteiger partial charge in [-0.2, -0.15) is 0 Å². The number of aryl methyl sites for hydroxylation is 1. The topological polar surface area (TPSA) is 30.7 Å². The minimum Gasteiger partial charge on any atom is -0.314 e. The number of hydrogen-bond acceptors (Lipinski definition) is 2. The number of hydrogen-bond donors (Lipinski definition) is 0. The van der Waals surface area contributed by atoms with Crippen LogP contribution in [0.5, 0.6) is 0 Å². The van der Waals surface area contributed by atoms with E-state index < -0.39 is 0 Å². The monoisotopic (exact) mass is 269 g/mol. The Morgan fingerprint density at radius 1 is 1.05 bits per heavy atom. The second-order valence-electron chi connectivity index (χ2n) is 5.66. The van der Waals surface area contributed by atoms with Crippen LogP contribution in [0.15, 0.2) is 30.3 Å². The second kappa shape index (κ2) is 6.21. The lowest BCUT2D eigenvalue weighted by atomic mass is 9.95. The molecule has 2 aromatic rings. The van der Waals surface area contributed by atoms with Gasteiger partial charge >= 0.3 is 0 Å². The summed E-state index contributed by atoms with van der Waals surface area (Å²) in [6.45, 7) is 3.32. The number of rotatable bonds is 3. The zero-order valence-corrected chi connectivity index (χ0v) is 12.3. The molecule has 0 saturated heterocycles. The zero-order valence-electron chi connectivity index (χ0n) is 12.3. The summed E-state index contributed by atoms with van der Waals surface area (Å²) in [6.07, 6.45) is 7.32. The normalized spacial score (nSPS) is 17.1. The largest absolute Gasteiger partial charge is 0.314 e. The number of aromatic nitrogens is 3. The minimum atomic E-state index is 0.372.